The van der Waals surface area contributed by atoms with Crippen molar-refractivity contribution in [3.8, 4) is 0 Å². The molecule has 7 heteroatoms. The number of fused-ring (bicyclic) bond motifs is 1. The van der Waals surface area contributed by atoms with Crippen LogP contribution < -0.4 is 11.1 Å². The molecule has 1 saturated heterocycles. The zero-order chi connectivity index (χ0) is 24.2. The minimum atomic E-state index is -0.135. The Kier molecular flexibility index (Phi) is 5.93. The zero-order valence-corrected chi connectivity index (χ0v) is 21.2. The highest BCUT2D eigenvalue weighted by Crippen LogP contribution is 2.53. The molecule has 0 unspecified atom stereocenters. The average Bonchev–Trinajstić information content (AvgIpc) is 2.72. The van der Waals surface area contributed by atoms with Crippen molar-refractivity contribution in [2.45, 2.75) is 39.5 Å². The van der Waals surface area contributed by atoms with Gasteiger partial charge in [-0.1, -0.05) is 24.6 Å². The van der Waals surface area contributed by atoms with Gasteiger partial charge in [0.15, 0.2) is 0 Å². The van der Waals surface area contributed by atoms with Crippen LogP contribution in [0.25, 0.3) is 10.8 Å². The molecule has 6 nitrogen and oxygen atoms in total. The molecule has 0 bridgehead atoms. The van der Waals surface area contributed by atoms with Crippen LogP contribution in [0, 0.1) is 24.2 Å². The van der Waals surface area contributed by atoms with E-state index in [1.54, 1.807) is 30.9 Å². The smallest absolute Gasteiger partial charge is 0.275 e. The second kappa shape index (κ2) is 8.65. The van der Waals surface area contributed by atoms with Crippen LogP contribution in [0.4, 0.5) is 0 Å². The van der Waals surface area contributed by atoms with E-state index < -0.39 is 0 Å². The zero-order valence-electron chi connectivity index (χ0n) is 20.5. The summed E-state index contributed by atoms with van der Waals surface area (Å²) in [5.74, 6) is 1.17. The van der Waals surface area contributed by atoms with E-state index in [9.17, 15) is 9.59 Å². The molecule has 0 radical (unpaired) electrons. The quantitative estimate of drug-likeness (QED) is 0.539. The lowest BCUT2D eigenvalue weighted by Gasteiger charge is -2.60. The molecule has 34 heavy (non-hydrogen) atoms. The monoisotopic (exact) mass is 480 g/mol. The Morgan fingerprint density at radius 3 is 2.65 bits per heavy atom. The SMILES string of the molecule is Cc1cn(C)c(=O)cc1C[C@H](C)CN1CC2(CC(Cc3ccc(Cl)c4c(=O)n(C)ncc34)C2)C1. The summed E-state index contributed by atoms with van der Waals surface area (Å²) in [6.07, 6.45) is 8.13. The summed E-state index contributed by atoms with van der Waals surface area (Å²) in [6, 6.07) is 5.71. The maximum absolute atomic E-state index is 12.5. The van der Waals surface area contributed by atoms with Gasteiger partial charge < -0.3 is 9.47 Å². The predicted molar refractivity (Wildman–Crippen MR) is 137 cm³/mol. The molecule has 2 aromatic heterocycles. The minimum Gasteiger partial charge on any atom is -0.318 e. The number of aromatic nitrogens is 3. The van der Waals surface area contributed by atoms with E-state index in [2.05, 4.69) is 29.9 Å². The molecule has 0 N–H and O–H groups in total. The summed E-state index contributed by atoms with van der Waals surface area (Å²) in [7, 11) is 3.47. The molecule has 1 spiro atoms. The first kappa shape index (κ1) is 23.3. The Hall–Kier alpha value is -2.44. The lowest BCUT2D eigenvalue weighted by Crippen LogP contribution is -2.63. The number of hydrogen-bond acceptors (Lipinski definition) is 4. The van der Waals surface area contributed by atoms with Gasteiger partial charge in [0, 0.05) is 51.4 Å². The van der Waals surface area contributed by atoms with Crippen molar-refractivity contribution < 1.29 is 0 Å². The Bertz CT molecular complexity index is 1360. The van der Waals surface area contributed by atoms with E-state index in [4.69, 9.17) is 11.6 Å². The summed E-state index contributed by atoms with van der Waals surface area (Å²) < 4.78 is 3.00. The molecule has 1 atom stereocenters. The van der Waals surface area contributed by atoms with Gasteiger partial charge in [-0.15, -0.1) is 0 Å². The highest BCUT2D eigenvalue weighted by Gasteiger charge is 2.51. The predicted octanol–water partition coefficient (Wildman–Crippen LogP) is 3.73. The van der Waals surface area contributed by atoms with Crippen LogP contribution in [0.2, 0.25) is 5.02 Å². The fourth-order valence-electron chi connectivity index (χ4n) is 6.35. The third-order valence-electron chi connectivity index (χ3n) is 7.90. The molecule has 0 amide bonds. The van der Waals surface area contributed by atoms with Gasteiger partial charge in [0.05, 0.1) is 16.6 Å². The van der Waals surface area contributed by atoms with Gasteiger partial charge >= 0.3 is 0 Å². The number of likely N-dealkylation sites (tertiary alicyclic amines) is 1. The highest BCUT2D eigenvalue weighted by atomic mass is 35.5. The van der Waals surface area contributed by atoms with Crippen LogP contribution in [0.5, 0.6) is 0 Å². The number of hydrogen-bond donors (Lipinski definition) is 0. The van der Waals surface area contributed by atoms with Gasteiger partial charge in [0.1, 0.15) is 0 Å². The van der Waals surface area contributed by atoms with Gasteiger partial charge in [0.25, 0.3) is 11.1 Å². The van der Waals surface area contributed by atoms with E-state index in [0.717, 1.165) is 24.8 Å². The second-order valence-electron chi connectivity index (χ2n) is 11.0. The van der Waals surface area contributed by atoms with Crippen molar-refractivity contribution in [1.29, 1.82) is 0 Å². The van der Waals surface area contributed by atoms with Gasteiger partial charge in [-0.2, -0.15) is 5.10 Å². The minimum absolute atomic E-state index is 0.0702. The third-order valence-corrected chi connectivity index (χ3v) is 8.22. The van der Waals surface area contributed by atoms with Crippen LogP contribution in [-0.4, -0.2) is 38.9 Å². The number of pyridine rings is 1. The average molecular weight is 481 g/mol. The molecule has 1 saturated carbocycles. The third kappa shape index (κ3) is 4.22. The lowest BCUT2D eigenvalue weighted by atomic mass is 9.56. The molecular weight excluding hydrogens is 448 g/mol. The standard InChI is InChI=1S/C27H33ClN4O2/c1-17(7-21-9-24(33)30(3)14-18(21)2)13-32-15-27(16-32)10-19(11-27)8-20-5-6-23(28)25-22(20)12-29-31(4)26(25)34/h5-6,9,12,14,17,19H,7-8,10-11,13,15-16H2,1-4H3/t17-/m0/s1. The molecule has 2 fully saturated rings. The first-order valence-electron chi connectivity index (χ1n) is 12.2. The molecule has 1 aliphatic heterocycles. The van der Waals surface area contributed by atoms with Crippen molar-refractivity contribution >= 4 is 22.4 Å². The second-order valence-corrected chi connectivity index (χ2v) is 11.4. The Morgan fingerprint density at radius 1 is 1.18 bits per heavy atom. The van der Waals surface area contributed by atoms with E-state index in [1.165, 1.54) is 47.3 Å². The van der Waals surface area contributed by atoms with E-state index in [-0.39, 0.29) is 11.1 Å². The maximum atomic E-state index is 12.5. The fraction of sp³-hybridized carbons (Fsp3) is 0.519. The van der Waals surface area contributed by atoms with Crippen molar-refractivity contribution in [3.63, 3.8) is 0 Å². The van der Waals surface area contributed by atoms with Gasteiger partial charge in [-0.25, -0.2) is 4.68 Å². The van der Waals surface area contributed by atoms with Crippen LogP contribution in [0.3, 0.4) is 0 Å². The summed E-state index contributed by atoms with van der Waals surface area (Å²) in [5, 5.41) is 6.20. The lowest BCUT2D eigenvalue weighted by molar-refractivity contribution is -0.0979. The fourth-order valence-corrected chi connectivity index (χ4v) is 6.60. The normalized spacial score (nSPS) is 18.7. The van der Waals surface area contributed by atoms with Crippen LogP contribution in [-0.2, 0) is 26.9 Å². The molecular formula is C27H33ClN4O2. The summed E-state index contributed by atoms with van der Waals surface area (Å²) in [5.41, 5.74) is 3.95. The van der Waals surface area contributed by atoms with Crippen molar-refractivity contribution in [2.75, 3.05) is 19.6 Å². The summed E-state index contributed by atoms with van der Waals surface area (Å²) >= 11 is 6.34. The van der Waals surface area contributed by atoms with Crippen LogP contribution in [0.15, 0.2) is 40.2 Å². The molecule has 1 aliphatic carbocycles. The first-order valence-corrected chi connectivity index (χ1v) is 12.5. The van der Waals surface area contributed by atoms with Gasteiger partial charge in [-0.05, 0) is 72.6 Å². The molecule has 3 aromatic rings. The summed E-state index contributed by atoms with van der Waals surface area (Å²) in [4.78, 5) is 27.1. The number of aryl methyl sites for hydroxylation is 3. The number of nitrogens with zero attached hydrogens (tertiary/aromatic N) is 4. The largest absolute Gasteiger partial charge is 0.318 e. The van der Waals surface area contributed by atoms with Crippen molar-refractivity contribution in [2.24, 2.45) is 31.3 Å². The van der Waals surface area contributed by atoms with Crippen LogP contribution in [0.1, 0.15) is 36.5 Å². The summed E-state index contributed by atoms with van der Waals surface area (Å²) in [6.45, 7) is 7.80. The highest BCUT2D eigenvalue weighted by molar-refractivity contribution is 6.35. The Balaban J connectivity index is 1.15. The van der Waals surface area contributed by atoms with Gasteiger partial charge in [0.2, 0.25) is 0 Å². The van der Waals surface area contributed by atoms with E-state index >= 15 is 0 Å². The van der Waals surface area contributed by atoms with Crippen LogP contribution >= 0.6 is 11.6 Å². The number of benzene rings is 1. The topological polar surface area (TPSA) is 60.1 Å². The molecule has 2 aliphatic rings. The number of halogens is 1. The molecule has 1 aromatic carbocycles. The molecule has 180 valence electrons. The van der Waals surface area contributed by atoms with Crippen molar-refractivity contribution in [1.82, 2.24) is 19.2 Å². The molecule has 5 rings (SSSR count). The molecule has 3 heterocycles. The van der Waals surface area contributed by atoms with Gasteiger partial charge in [-0.3, -0.25) is 9.59 Å². The Morgan fingerprint density at radius 2 is 1.91 bits per heavy atom. The Labute approximate surface area is 205 Å². The maximum Gasteiger partial charge on any atom is 0.275 e. The van der Waals surface area contributed by atoms with E-state index in [1.807, 2.05) is 12.3 Å². The van der Waals surface area contributed by atoms with E-state index in [0.29, 0.717) is 27.7 Å². The first-order chi connectivity index (χ1) is 16.1. The number of rotatable bonds is 6. The van der Waals surface area contributed by atoms with Crippen molar-refractivity contribution in [3.05, 3.63) is 73.0 Å².